The van der Waals surface area contributed by atoms with Gasteiger partial charge in [-0.3, -0.25) is 4.90 Å². The molecule has 5 heteroatoms. The summed E-state index contributed by atoms with van der Waals surface area (Å²) in [4.78, 5) is 2.34. The first-order chi connectivity index (χ1) is 11.3. The zero-order valence-electron chi connectivity index (χ0n) is 12.9. The number of aromatic amines is 1. The van der Waals surface area contributed by atoms with Gasteiger partial charge in [0.2, 0.25) is 0 Å². The number of H-pyrrole nitrogens is 1. The fraction of sp³-hybridized carbons (Fsp3) is 0.333. The standard InChI is InChI=1S/C18H19FN4/c19-16-6-4-13(10-15(16)12-23-8-2-1-3-9-23)14-5-7-17-18(11-14)21-22-20-17/h4-7,10-11H,1-3,8-9,12H2,(H,20,21,22). The topological polar surface area (TPSA) is 44.8 Å². The van der Waals surface area contributed by atoms with Crippen LogP contribution in [0.4, 0.5) is 4.39 Å². The minimum Gasteiger partial charge on any atom is -0.299 e. The maximum Gasteiger partial charge on any atom is 0.127 e. The smallest absolute Gasteiger partial charge is 0.127 e. The third-order valence-electron chi connectivity index (χ3n) is 4.54. The summed E-state index contributed by atoms with van der Waals surface area (Å²) >= 11 is 0. The van der Waals surface area contributed by atoms with Crippen molar-refractivity contribution < 1.29 is 4.39 Å². The summed E-state index contributed by atoms with van der Waals surface area (Å²) in [6.45, 7) is 2.81. The van der Waals surface area contributed by atoms with Crippen LogP contribution in [-0.4, -0.2) is 33.4 Å². The first-order valence-corrected chi connectivity index (χ1v) is 8.11. The van der Waals surface area contributed by atoms with Crippen molar-refractivity contribution in [2.24, 2.45) is 0 Å². The second-order valence-corrected chi connectivity index (χ2v) is 6.17. The molecule has 1 aromatic heterocycles. The number of hydrogen-bond donors (Lipinski definition) is 1. The van der Waals surface area contributed by atoms with Crippen LogP contribution >= 0.6 is 0 Å². The zero-order chi connectivity index (χ0) is 15.6. The molecule has 1 N–H and O–H groups in total. The van der Waals surface area contributed by atoms with E-state index in [1.165, 1.54) is 19.3 Å². The molecule has 0 amide bonds. The molecular weight excluding hydrogens is 291 g/mol. The summed E-state index contributed by atoms with van der Waals surface area (Å²) in [7, 11) is 0. The molecule has 0 bridgehead atoms. The predicted octanol–water partition coefficient (Wildman–Crippen LogP) is 3.75. The molecule has 23 heavy (non-hydrogen) atoms. The van der Waals surface area contributed by atoms with E-state index in [-0.39, 0.29) is 5.82 Å². The monoisotopic (exact) mass is 310 g/mol. The first kappa shape index (κ1) is 14.3. The van der Waals surface area contributed by atoms with Crippen LogP contribution in [0.3, 0.4) is 0 Å². The summed E-state index contributed by atoms with van der Waals surface area (Å²) in [5, 5.41) is 10.8. The molecule has 0 aliphatic carbocycles. The third kappa shape index (κ3) is 2.97. The summed E-state index contributed by atoms with van der Waals surface area (Å²) in [6, 6.07) is 11.3. The molecule has 0 saturated carbocycles. The Morgan fingerprint density at radius 3 is 2.52 bits per heavy atom. The Hall–Kier alpha value is -2.27. The van der Waals surface area contributed by atoms with Gasteiger partial charge in [0.05, 0.1) is 0 Å². The van der Waals surface area contributed by atoms with Crippen LogP contribution < -0.4 is 0 Å². The Morgan fingerprint density at radius 1 is 0.913 bits per heavy atom. The molecule has 4 rings (SSSR count). The fourth-order valence-electron chi connectivity index (χ4n) is 3.25. The SMILES string of the molecule is Fc1ccc(-c2ccc3n[nH]nc3c2)cc1CN1CCCCC1. The molecule has 0 spiro atoms. The Morgan fingerprint density at radius 2 is 1.65 bits per heavy atom. The van der Waals surface area contributed by atoms with Crippen LogP contribution in [-0.2, 0) is 6.54 Å². The largest absolute Gasteiger partial charge is 0.299 e. The maximum absolute atomic E-state index is 14.2. The number of benzene rings is 2. The van der Waals surface area contributed by atoms with Gasteiger partial charge in [-0.2, -0.15) is 15.4 Å². The van der Waals surface area contributed by atoms with Gasteiger partial charge in [-0.05, 0) is 61.3 Å². The molecule has 0 radical (unpaired) electrons. The van der Waals surface area contributed by atoms with Crippen molar-refractivity contribution in [3.63, 3.8) is 0 Å². The third-order valence-corrected chi connectivity index (χ3v) is 4.54. The Labute approximate surface area is 134 Å². The quantitative estimate of drug-likeness (QED) is 0.801. The Kier molecular flexibility index (Phi) is 3.79. The number of aromatic nitrogens is 3. The molecule has 118 valence electrons. The van der Waals surface area contributed by atoms with Gasteiger partial charge in [0.25, 0.3) is 0 Å². The van der Waals surface area contributed by atoms with Gasteiger partial charge in [-0.25, -0.2) is 4.39 Å². The summed E-state index contributed by atoms with van der Waals surface area (Å²) in [5.41, 5.74) is 4.48. The molecule has 2 aromatic carbocycles. The van der Waals surface area contributed by atoms with Gasteiger partial charge in [-0.15, -0.1) is 0 Å². The molecule has 0 unspecified atom stereocenters. The van der Waals surface area contributed by atoms with Crippen LogP contribution in [0.15, 0.2) is 36.4 Å². The van der Waals surface area contributed by atoms with Crippen molar-refractivity contribution in [2.45, 2.75) is 25.8 Å². The molecule has 2 heterocycles. The molecule has 1 fully saturated rings. The van der Waals surface area contributed by atoms with Gasteiger partial charge in [-0.1, -0.05) is 18.6 Å². The second kappa shape index (κ2) is 6.08. The summed E-state index contributed by atoms with van der Waals surface area (Å²) in [6.07, 6.45) is 3.71. The van der Waals surface area contributed by atoms with Crippen molar-refractivity contribution in [1.29, 1.82) is 0 Å². The number of piperidine rings is 1. The van der Waals surface area contributed by atoms with Crippen molar-refractivity contribution in [3.05, 3.63) is 47.8 Å². The lowest BCUT2D eigenvalue weighted by Crippen LogP contribution is -2.29. The van der Waals surface area contributed by atoms with Crippen molar-refractivity contribution in [1.82, 2.24) is 20.3 Å². The molecular formula is C18H19FN4. The molecule has 4 nitrogen and oxygen atoms in total. The zero-order valence-corrected chi connectivity index (χ0v) is 12.9. The highest BCUT2D eigenvalue weighted by Gasteiger charge is 2.14. The summed E-state index contributed by atoms with van der Waals surface area (Å²) in [5.74, 6) is -0.123. The maximum atomic E-state index is 14.2. The average molecular weight is 310 g/mol. The molecule has 1 saturated heterocycles. The lowest BCUT2D eigenvalue weighted by molar-refractivity contribution is 0.218. The number of nitrogens with zero attached hydrogens (tertiary/aromatic N) is 3. The normalized spacial score (nSPS) is 16.0. The van der Waals surface area contributed by atoms with Crippen LogP contribution in [0.25, 0.3) is 22.2 Å². The minimum absolute atomic E-state index is 0.123. The van der Waals surface area contributed by atoms with E-state index in [1.807, 2.05) is 30.3 Å². The first-order valence-electron chi connectivity index (χ1n) is 8.11. The van der Waals surface area contributed by atoms with E-state index in [2.05, 4.69) is 20.3 Å². The van der Waals surface area contributed by atoms with Crippen LogP contribution in [0.1, 0.15) is 24.8 Å². The number of rotatable bonds is 3. The van der Waals surface area contributed by atoms with E-state index >= 15 is 0 Å². The van der Waals surface area contributed by atoms with E-state index in [9.17, 15) is 4.39 Å². The Balaban J connectivity index is 1.64. The summed E-state index contributed by atoms with van der Waals surface area (Å²) < 4.78 is 14.2. The number of likely N-dealkylation sites (tertiary alicyclic amines) is 1. The van der Waals surface area contributed by atoms with Crippen molar-refractivity contribution >= 4 is 11.0 Å². The van der Waals surface area contributed by atoms with Crippen LogP contribution in [0, 0.1) is 5.82 Å². The highest BCUT2D eigenvalue weighted by Crippen LogP contribution is 2.25. The van der Waals surface area contributed by atoms with Gasteiger partial charge in [0.1, 0.15) is 16.9 Å². The van der Waals surface area contributed by atoms with Gasteiger partial charge < -0.3 is 0 Å². The lowest BCUT2D eigenvalue weighted by Gasteiger charge is -2.26. The minimum atomic E-state index is -0.123. The molecule has 0 atom stereocenters. The van der Waals surface area contributed by atoms with Crippen LogP contribution in [0.5, 0.6) is 0 Å². The van der Waals surface area contributed by atoms with E-state index in [4.69, 9.17) is 0 Å². The number of nitrogens with one attached hydrogen (secondary N) is 1. The molecule has 1 aliphatic rings. The number of hydrogen-bond acceptors (Lipinski definition) is 3. The highest BCUT2D eigenvalue weighted by molar-refractivity contribution is 5.81. The van der Waals surface area contributed by atoms with Gasteiger partial charge in [0, 0.05) is 12.1 Å². The van der Waals surface area contributed by atoms with E-state index < -0.39 is 0 Å². The lowest BCUT2D eigenvalue weighted by atomic mass is 10.0. The van der Waals surface area contributed by atoms with E-state index in [0.717, 1.165) is 40.8 Å². The Bertz CT molecular complexity index is 821. The van der Waals surface area contributed by atoms with Crippen LogP contribution in [0.2, 0.25) is 0 Å². The fourth-order valence-corrected chi connectivity index (χ4v) is 3.25. The predicted molar refractivity (Wildman–Crippen MR) is 88.4 cm³/mol. The van der Waals surface area contributed by atoms with E-state index in [0.29, 0.717) is 6.54 Å². The highest BCUT2D eigenvalue weighted by atomic mass is 19.1. The molecule has 1 aliphatic heterocycles. The van der Waals surface area contributed by atoms with E-state index in [1.54, 1.807) is 6.07 Å². The van der Waals surface area contributed by atoms with Crippen molar-refractivity contribution in [2.75, 3.05) is 13.1 Å². The van der Waals surface area contributed by atoms with Crippen molar-refractivity contribution in [3.8, 4) is 11.1 Å². The second-order valence-electron chi connectivity index (χ2n) is 6.17. The molecule has 3 aromatic rings. The average Bonchev–Trinajstić information content (AvgIpc) is 3.05. The van der Waals surface area contributed by atoms with Gasteiger partial charge >= 0.3 is 0 Å². The number of fused-ring (bicyclic) bond motifs is 1. The van der Waals surface area contributed by atoms with Gasteiger partial charge in [0.15, 0.2) is 0 Å². The number of halogens is 1.